The lowest BCUT2D eigenvalue weighted by molar-refractivity contribution is -0.676. The molecule has 1 aliphatic rings. The Kier molecular flexibility index (Phi) is 4.34. The number of quaternary nitrogens is 1. The van der Waals surface area contributed by atoms with Crippen LogP contribution in [0.15, 0.2) is 24.3 Å². The second-order valence-corrected chi connectivity index (χ2v) is 4.86. The molecule has 0 saturated heterocycles. The van der Waals surface area contributed by atoms with Crippen LogP contribution in [-0.4, -0.2) is 6.54 Å². The van der Waals surface area contributed by atoms with Gasteiger partial charge in [-0.15, -0.1) is 0 Å². The van der Waals surface area contributed by atoms with Crippen molar-refractivity contribution >= 4 is 0 Å². The molecule has 0 aliphatic heterocycles. The minimum Gasteiger partial charge on any atom is -0.342 e. The van der Waals surface area contributed by atoms with Gasteiger partial charge in [-0.2, -0.15) is 0 Å². The molecule has 0 bridgehead atoms. The number of hydrogen-bond donors (Lipinski definition) is 1. The van der Waals surface area contributed by atoms with Gasteiger partial charge in [-0.25, -0.2) is 4.39 Å². The van der Waals surface area contributed by atoms with E-state index in [0.29, 0.717) is 0 Å². The first-order chi connectivity index (χ1) is 7.84. The van der Waals surface area contributed by atoms with Crippen molar-refractivity contribution < 1.29 is 9.71 Å². The summed E-state index contributed by atoms with van der Waals surface area (Å²) in [6.07, 6.45) is 7.05. The first-order valence-electron chi connectivity index (χ1n) is 6.41. The van der Waals surface area contributed by atoms with Crippen molar-refractivity contribution in [3.63, 3.8) is 0 Å². The van der Waals surface area contributed by atoms with Crippen molar-refractivity contribution in [2.75, 3.05) is 6.54 Å². The summed E-state index contributed by atoms with van der Waals surface area (Å²) in [6, 6.07) is 6.85. The lowest BCUT2D eigenvalue weighted by Crippen LogP contribution is -2.84. The molecule has 0 radical (unpaired) electrons. The predicted octanol–water partition coefficient (Wildman–Crippen LogP) is 2.47. The van der Waals surface area contributed by atoms with Gasteiger partial charge in [0.05, 0.1) is 6.54 Å². The van der Waals surface area contributed by atoms with Crippen molar-refractivity contribution in [3.8, 4) is 0 Å². The van der Waals surface area contributed by atoms with E-state index in [9.17, 15) is 4.39 Å². The van der Waals surface area contributed by atoms with E-state index < -0.39 is 0 Å². The molecule has 0 amide bonds. The SMILES string of the molecule is Fc1ccc(C[NH2+]CC2CCCCC2)cc1. The summed E-state index contributed by atoms with van der Waals surface area (Å²) < 4.78 is 12.7. The number of hydrogen-bond acceptors (Lipinski definition) is 0. The largest absolute Gasteiger partial charge is 0.342 e. The second-order valence-electron chi connectivity index (χ2n) is 4.86. The first kappa shape index (κ1) is 11.6. The van der Waals surface area contributed by atoms with E-state index in [1.54, 1.807) is 12.1 Å². The Morgan fingerprint density at radius 2 is 1.75 bits per heavy atom. The van der Waals surface area contributed by atoms with Crippen molar-refractivity contribution in [1.82, 2.24) is 0 Å². The van der Waals surface area contributed by atoms with Crippen LogP contribution in [0.2, 0.25) is 0 Å². The number of rotatable bonds is 4. The summed E-state index contributed by atoms with van der Waals surface area (Å²) in [4.78, 5) is 0. The van der Waals surface area contributed by atoms with E-state index in [0.717, 1.165) is 12.5 Å². The molecule has 0 spiro atoms. The van der Waals surface area contributed by atoms with Crippen LogP contribution < -0.4 is 5.32 Å². The fourth-order valence-electron chi connectivity index (χ4n) is 2.53. The lowest BCUT2D eigenvalue weighted by atomic mass is 9.89. The molecule has 0 unspecified atom stereocenters. The summed E-state index contributed by atoms with van der Waals surface area (Å²) in [5, 5.41) is 2.36. The predicted molar refractivity (Wildman–Crippen MR) is 63.5 cm³/mol. The van der Waals surface area contributed by atoms with Crippen LogP contribution in [0.25, 0.3) is 0 Å². The van der Waals surface area contributed by atoms with Gasteiger partial charge in [0.25, 0.3) is 0 Å². The van der Waals surface area contributed by atoms with E-state index in [1.165, 1.54) is 44.2 Å². The zero-order valence-electron chi connectivity index (χ0n) is 9.79. The fourth-order valence-corrected chi connectivity index (χ4v) is 2.53. The lowest BCUT2D eigenvalue weighted by Gasteiger charge is -2.19. The molecule has 0 atom stereocenters. The Hall–Kier alpha value is -0.890. The van der Waals surface area contributed by atoms with Crippen molar-refractivity contribution in [1.29, 1.82) is 0 Å². The van der Waals surface area contributed by atoms with E-state index in [2.05, 4.69) is 5.32 Å². The molecular formula is C14H21FN+. The highest BCUT2D eigenvalue weighted by Gasteiger charge is 2.14. The highest BCUT2D eigenvalue weighted by Crippen LogP contribution is 2.21. The van der Waals surface area contributed by atoms with Gasteiger partial charge in [0, 0.05) is 11.5 Å². The topological polar surface area (TPSA) is 16.6 Å². The summed E-state index contributed by atoms with van der Waals surface area (Å²) in [7, 11) is 0. The monoisotopic (exact) mass is 222 g/mol. The molecule has 1 fully saturated rings. The molecule has 1 saturated carbocycles. The zero-order chi connectivity index (χ0) is 11.2. The van der Waals surface area contributed by atoms with E-state index >= 15 is 0 Å². The normalized spacial score (nSPS) is 17.6. The van der Waals surface area contributed by atoms with Gasteiger partial charge < -0.3 is 5.32 Å². The van der Waals surface area contributed by atoms with Crippen molar-refractivity contribution in [3.05, 3.63) is 35.6 Å². The highest BCUT2D eigenvalue weighted by atomic mass is 19.1. The van der Waals surface area contributed by atoms with Gasteiger partial charge in [-0.3, -0.25) is 0 Å². The highest BCUT2D eigenvalue weighted by molar-refractivity contribution is 5.14. The van der Waals surface area contributed by atoms with Crippen LogP contribution in [0.3, 0.4) is 0 Å². The van der Waals surface area contributed by atoms with E-state index in [-0.39, 0.29) is 5.82 Å². The van der Waals surface area contributed by atoms with Gasteiger partial charge in [-0.1, -0.05) is 31.4 Å². The number of nitrogens with two attached hydrogens (primary N) is 1. The molecular weight excluding hydrogens is 201 g/mol. The number of halogens is 1. The summed E-state index contributed by atoms with van der Waals surface area (Å²) in [6.45, 7) is 2.22. The van der Waals surface area contributed by atoms with Gasteiger partial charge in [0.1, 0.15) is 12.4 Å². The van der Waals surface area contributed by atoms with Crippen LogP contribution in [0.5, 0.6) is 0 Å². The molecule has 0 heterocycles. The quantitative estimate of drug-likeness (QED) is 0.806. The van der Waals surface area contributed by atoms with E-state index in [4.69, 9.17) is 0 Å². The van der Waals surface area contributed by atoms with Crippen LogP contribution in [-0.2, 0) is 6.54 Å². The zero-order valence-corrected chi connectivity index (χ0v) is 9.79. The first-order valence-corrected chi connectivity index (χ1v) is 6.41. The van der Waals surface area contributed by atoms with Crippen molar-refractivity contribution in [2.24, 2.45) is 5.92 Å². The molecule has 1 aromatic rings. The Balaban J connectivity index is 1.69. The molecule has 2 rings (SSSR count). The molecule has 1 nitrogen and oxygen atoms in total. The van der Waals surface area contributed by atoms with Crippen LogP contribution in [0.4, 0.5) is 4.39 Å². The van der Waals surface area contributed by atoms with Gasteiger partial charge >= 0.3 is 0 Å². The minimum atomic E-state index is -0.143. The molecule has 2 N–H and O–H groups in total. The average Bonchev–Trinajstić information content (AvgIpc) is 2.33. The molecule has 1 aromatic carbocycles. The smallest absolute Gasteiger partial charge is 0.123 e. The van der Waals surface area contributed by atoms with E-state index in [1.807, 2.05) is 12.1 Å². The maximum absolute atomic E-state index is 12.7. The third-order valence-electron chi connectivity index (χ3n) is 3.52. The third kappa shape index (κ3) is 3.60. The van der Waals surface area contributed by atoms with Gasteiger partial charge in [0.2, 0.25) is 0 Å². The Morgan fingerprint density at radius 3 is 2.44 bits per heavy atom. The van der Waals surface area contributed by atoms with Crippen LogP contribution >= 0.6 is 0 Å². The van der Waals surface area contributed by atoms with Crippen LogP contribution in [0, 0.1) is 11.7 Å². The molecule has 16 heavy (non-hydrogen) atoms. The summed E-state index contributed by atoms with van der Waals surface area (Å²) >= 11 is 0. The second kappa shape index (κ2) is 6.00. The maximum atomic E-state index is 12.7. The standard InChI is InChI=1S/C14H20FN/c15-14-8-6-13(7-9-14)11-16-10-12-4-2-1-3-5-12/h6-9,12,16H,1-5,10-11H2/p+1. The molecule has 88 valence electrons. The molecule has 2 heteroatoms. The third-order valence-corrected chi connectivity index (χ3v) is 3.52. The Labute approximate surface area is 97.1 Å². The summed E-state index contributed by atoms with van der Waals surface area (Å²) in [5.41, 5.74) is 1.22. The maximum Gasteiger partial charge on any atom is 0.123 e. The molecule has 0 aromatic heterocycles. The van der Waals surface area contributed by atoms with Crippen molar-refractivity contribution in [2.45, 2.75) is 38.6 Å². The number of benzene rings is 1. The van der Waals surface area contributed by atoms with Gasteiger partial charge in [-0.05, 0) is 25.0 Å². The molecule has 1 aliphatic carbocycles. The Morgan fingerprint density at radius 1 is 1.06 bits per heavy atom. The van der Waals surface area contributed by atoms with Gasteiger partial charge in [0.15, 0.2) is 0 Å². The minimum absolute atomic E-state index is 0.143. The summed E-state index contributed by atoms with van der Waals surface area (Å²) in [5.74, 6) is 0.769. The van der Waals surface area contributed by atoms with Crippen LogP contribution in [0.1, 0.15) is 37.7 Å². The fraction of sp³-hybridized carbons (Fsp3) is 0.571. The average molecular weight is 222 g/mol. The Bertz CT molecular complexity index is 301.